The summed E-state index contributed by atoms with van der Waals surface area (Å²) in [5.41, 5.74) is 0. The first-order chi connectivity index (χ1) is 22.3. The zero-order chi connectivity index (χ0) is 42.4. The molecule has 0 rings (SSSR count). The lowest BCUT2D eigenvalue weighted by molar-refractivity contribution is -0.870. The van der Waals surface area contributed by atoms with Crippen LogP contribution >= 0.6 is 7.82 Å². The fraction of sp³-hybridized carbons (Fsp3) is 0.900. The highest BCUT2D eigenvalue weighted by Crippen LogP contribution is 2.38. The van der Waals surface area contributed by atoms with Crippen molar-refractivity contribution in [3.05, 3.63) is 0 Å². The van der Waals surface area contributed by atoms with Crippen LogP contribution < -0.4 is 4.89 Å². The number of ether oxygens (including phenoxy) is 2. The van der Waals surface area contributed by atoms with E-state index < -0.39 is 110 Å². The molecule has 30 heavy (non-hydrogen) atoms. The van der Waals surface area contributed by atoms with Crippen molar-refractivity contribution in [3.63, 3.8) is 0 Å². The van der Waals surface area contributed by atoms with Crippen molar-refractivity contribution in [1.82, 2.24) is 0 Å². The number of hydrogen-bond donors (Lipinski definition) is 0. The van der Waals surface area contributed by atoms with E-state index in [-0.39, 0.29) is 11.0 Å². The second-order valence-electron chi connectivity index (χ2n) is 6.22. The minimum atomic E-state index is -5.39. The van der Waals surface area contributed by atoms with Crippen LogP contribution in [0.2, 0.25) is 0 Å². The van der Waals surface area contributed by atoms with E-state index in [0.29, 0.717) is 0 Å². The maximum atomic E-state index is 13.0. The van der Waals surface area contributed by atoms with E-state index in [9.17, 15) is 19.0 Å². The van der Waals surface area contributed by atoms with Gasteiger partial charge >= 0.3 is 11.9 Å². The maximum Gasteiger partial charge on any atom is 0.306 e. The molecule has 0 aromatic carbocycles. The number of esters is 2. The number of hydrogen-bond acceptors (Lipinski definition) is 8. The number of quaternary nitrogens is 1. The molecule has 0 saturated heterocycles. The highest BCUT2D eigenvalue weighted by molar-refractivity contribution is 7.45. The van der Waals surface area contributed by atoms with Gasteiger partial charge in [-0.1, -0.05) is 39.2 Å². The maximum absolute atomic E-state index is 13.0. The largest absolute Gasteiger partial charge is 0.756 e. The molecule has 0 bridgehead atoms. The molecule has 2 atom stereocenters. The van der Waals surface area contributed by atoms with E-state index >= 15 is 0 Å². The molecule has 0 amide bonds. The van der Waals surface area contributed by atoms with Crippen molar-refractivity contribution in [2.75, 3.05) is 47.5 Å². The lowest BCUT2D eigenvalue weighted by Gasteiger charge is -2.28. The fourth-order valence-electron chi connectivity index (χ4n) is 1.37. The Kier molecular flexibility index (Phi) is 4.78. The molecular weight excluding hydrogens is 413 g/mol. The van der Waals surface area contributed by atoms with Crippen LogP contribution in [0.4, 0.5) is 0 Å². The van der Waals surface area contributed by atoms with Crippen LogP contribution in [0.1, 0.15) is 94.8 Å². The number of carbonyl (C=O) groups excluding carboxylic acids is 2. The van der Waals surface area contributed by atoms with Crippen LogP contribution in [0.15, 0.2) is 0 Å². The summed E-state index contributed by atoms with van der Waals surface area (Å²) >= 11 is 0. The Bertz CT molecular complexity index is 1330. The van der Waals surface area contributed by atoms with Crippen molar-refractivity contribution in [3.8, 4) is 0 Å². The highest BCUT2D eigenvalue weighted by Gasteiger charge is 2.21. The van der Waals surface area contributed by atoms with Gasteiger partial charge in [0.25, 0.3) is 7.82 Å². The van der Waals surface area contributed by atoms with E-state index in [1.807, 2.05) is 0 Å². The summed E-state index contributed by atoms with van der Waals surface area (Å²) in [6, 6.07) is 0. The van der Waals surface area contributed by atoms with Gasteiger partial charge in [0.1, 0.15) is 19.8 Å². The standard InChI is InChI=1S/C20H40NO8P/c1-6-8-10-12-19(22)26-16-18(29-20(23)13-11-9-7-2)17-28-30(24,25)27-15-14-21(3,4)5/h18H,6-17H2,1-5H3/t18-/m1/s1/i1D3,2D3,6D2,7D2,8D2,9D2,10D2,11D2,12D2,13D2. The molecule has 9 nitrogen and oxygen atoms in total. The number of phosphoric acid groups is 1. The molecule has 1 unspecified atom stereocenters. The fourth-order valence-corrected chi connectivity index (χ4v) is 2.10. The van der Waals surface area contributed by atoms with Gasteiger partial charge in [-0.25, -0.2) is 0 Å². The molecule has 0 N–H and O–H groups in total. The topological polar surface area (TPSA) is 111 Å². The third-order valence-corrected chi connectivity index (χ3v) is 3.65. The summed E-state index contributed by atoms with van der Waals surface area (Å²) in [7, 11) is -0.455. The second-order valence-corrected chi connectivity index (χ2v) is 7.63. The van der Waals surface area contributed by atoms with Gasteiger partial charge in [0.15, 0.2) is 6.10 Å². The molecule has 0 fully saturated rings. The van der Waals surface area contributed by atoms with Gasteiger partial charge < -0.3 is 27.9 Å². The summed E-state index contributed by atoms with van der Waals surface area (Å²) in [5, 5.41) is 0. The number of rotatable bonds is 18. The monoisotopic (exact) mass is 475 g/mol. The zero-order valence-electron chi connectivity index (χ0n) is 38.6. The number of likely N-dealkylation sites (N-methyl/N-ethyl adjacent to an activating group) is 1. The Balaban J connectivity index is 6.69. The van der Waals surface area contributed by atoms with Crippen LogP contribution in [0.25, 0.3) is 0 Å². The van der Waals surface area contributed by atoms with E-state index in [0.717, 1.165) is 0 Å². The Morgan fingerprint density at radius 1 is 1.00 bits per heavy atom. The predicted molar refractivity (Wildman–Crippen MR) is 112 cm³/mol. The zero-order valence-corrected chi connectivity index (χ0v) is 17.5. The smallest absolute Gasteiger partial charge is 0.306 e. The third kappa shape index (κ3) is 17.8. The quantitative estimate of drug-likeness (QED) is 0.169. The number of carbonyl (C=O) groups is 2. The first-order valence-corrected chi connectivity index (χ1v) is 9.58. The molecule has 0 saturated carbocycles. The molecule has 178 valence electrons. The predicted octanol–water partition coefficient (Wildman–Crippen LogP) is 2.81. The van der Waals surface area contributed by atoms with E-state index in [1.165, 1.54) is 0 Å². The number of nitrogens with zero attached hydrogens (tertiary/aromatic N) is 1. The Hall–Kier alpha value is -0.990. The van der Waals surface area contributed by atoms with Gasteiger partial charge in [-0.3, -0.25) is 14.2 Å². The molecule has 0 spiro atoms. The summed E-state index contributed by atoms with van der Waals surface area (Å²) in [6.45, 7) is -11.5. The minimum Gasteiger partial charge on any atom is -0.756 e. The van der Waals surface area contributed by atoms with Crippen molar-refractivity contribution < 1.29 is 72.2 Å². The average molecular weight is 476 g/mol. The summed E-state index contributed by atoms with van der Waals surface area (Å²) in [6.07, 6.45) is -36.9. The SMILES string of the molecule is [2H]C([2H])([2H])C([2H])([2H])C([2H])([2H])C([2H])([2H])C([2H])([2H])C(=O)OC[C@H](COP(=O)([O-])OCC[N+](C)(C)C)OC(=O)C([2H])([2H])C([2H])([2H])C([2H])([2H])C([2H])([2H])C([2H])([2H])[2H]. The molecule has 0 aromatic rings. The second kappa shape index (κ2) is 15.8. The Morgan fingerprint density at radius 3 is 2.17 bits per heavy atom. The van der Waals surface area contributed by atoms with Gasteiger partial charge in [-0.2, -0.15) is 0 Å². The van der Waals surface area contributed by atoms with Crippen molar-refractivity contribution in [1.29, 1.82) is 0 Å². The molecule has 0 radical (unpaired) electrons. The number of phosphoric ester groups is 1. The first kappa shape index (κ1) is 9.10. The van der Waals surface area contributed by atoms with Gasteiger partial charge in [0.2, 0.25) is 0 Å². The van der Waals surface area contributed by atoms with Gasteiger partial charge in [-0.05, 0) is 12.7 Å². The molecule has 0 aliphatic carbocycles. The van der Waals surface area contributed by atoms with Crippen molar-refractivity contribution in [2.45, 2.75) is 70.8 Å². The molecule has 0 aliphatic rings. The molecule has 0 aliphatic heterocycles. The van der Waals surface area contributed by atoms with E-state index in [2.05, 4.69) is 18.5 Å². The third-order valence-electron chi connectivity index (χ3n) is 2.68. The lowest BCUT2D eigenvalue weighted by atomic mass is 10.2. The van der Waals surface area contributed by atoms with Crippen molar-refractivity contribution in [2.24, 2.45) is 0 Å². The van der Waals surface area contributed by atoms with E-state index in [1.54, 1.807) is 21.1 Å². The summed E-state index contributed by atoms with van der Waals surface area (Å²) < 4.78 is 199. The normalized spacial score (nSPS) is 30.3. The summed E-state index contributed by atoms with van der Waals surface area (Å²) in [5.74, 6) is -4.96. The van der Waals surface area contributed by atoms with Crippen LogP contribution in [0.5, 0.6) is 0 Å². The molecule has 10 heteroatoms. The van der Waals surface area contributed by atoms with Gasteiger partial charge in [0, 0.05) is 42.9 Å². The van der Waals surface area contributed by atoms with Crippen LogP contribution in [-0.2, 0) is 32.7 Å². The van der Waals surface area contributed by atoms with Gasteiger partial charge in [-0.15, -0.1) is 0 Å². The van der Waals surface area contributed by atoms with E-state index in [4.69, 9.17) is 30.2 Å². The lowest BCUT2D eigenvalue weighted by Crippen LogP contribution is -2.37. The molecule has 0 aromatic heterocycles. The van der Waals surface area contributed by atoms with Gasteiger partial charge in [0.05, 0.1) is 27.7 Å². The first-order valence-electron chi connectivity index (χ1n) is 19.1. The minimum absolute atomic E-state index is 0.0664. The molecule has 0 heterocycles. The van der Waals surface area contributed by atoms with Crippen LogP contribution in [0.3, 0.4) is 0 Å². The highest BCUT2D eigenvalue weighted by atomic mass is 31.2. The van der Waals surface area contributed by atoms with Crippen LogP contribution in [0, 0.1) is 0 Å². The Morgan fingerprint density at radius 2 is 1.60 bits per heavy atom. The van der Waals surface area contributed by atoms with Crippen LogP contribution in [-0.4, -0.2) is 70.0 Å². The molecular formula is C20H40NO8P. The average Bonchev–Trinajstić information content (AvgIpc) is 2.91. The Labute approximate surface area is 212 Å². The summed E-state index contributed by atoms with van der Waals surface area (Å²) in [4.78, 5) is 38.1. The van der Waals surface area contributed by atoms with Crippen molar-refractivity contribution >= 4 is 19.8 Å².